The quantitative estimate of drug-likeness (QED) is 0.757. The van der Waals surface area contributed by atoms with Crippen molar-refractivity contribution in [3.05, 3.63) is 35.1 Å². The van der Waals surface area contributed by atoms with Crippen molar-refractivity contribution >= 4 is 0 Å². The Balaban J connectivity index is 3.13. The average molecular weight is 221 g/mol. The van der Waals surface area contributed by atoms with E-state index >= 15 is 0 Å². The maximum Gasteiger partial charge on any atom is 0.407 e. The first-order chi connectivity index (χ1) is 6.84. The monoisotopic (exact) mass is 221 g/mol. The summed E-state index contributed by atoms with van der Waals surface area (Å²) < 4.78 is 50.4. The molecule has 0 aliphatic carbocycles. The van der Waals surface area contributed by atoms with E-state index in [1.54, 1.807) is 6.92 Å². The van der Waals surface area contributed by atoms with Gasteiger partial charge in [-0.25, -0.2) is 4.39 Å². The van der Waals surface area contributed by atoms with Gasteiger partial charge in [0.05, 0.1) is 0 Å². The third kappa shape index (κ3) is 2.92. The van der Waals surface area contributed by atoms with Gasteiger partial charge in [-0.05, 0) is 37.2 Å². The SMILES string of the molecule is CNC(c1cc(C)cc(F)c1)C(F)(F)F. The highest BCUT2D eigenvalue weighted by molar-refractivity contribution is 5.27. The van der Waals surface area contributed by atoms with Gasteiger partial charge in [0.15, 0.2) is 0 Å². The maximum absolute atomic E-state index is 12.9. The number of benzene rings is 1. The zero-order valence-electron chi connectivity index (χ0n) is 8.32. The Morgan fingerprint density at radius 2 is 1.80 bits per heavy atom. The highest BCUT2D eigenvalue weighted by Crippen LogP contribution is 2.32. The van der Waals surface area contributed by atoms with Crippen molar-refractivity contribution in [2.24, 2.45) is 0 Å². The van der Waals surface area contributed by atoms with E-state index in [2.05, 4.69) is 5.32 Å². The van der Waals surface area contributed by atoms with Crippen LogP contribution in [0.5, 0.6) is 0 Å². The summed E-state index contributed by atoms with van der Waals surface area (Å²) in [6.45, 7) is 1.55. The smallest absolute Gasteiger partial charge is 0.306 e. The molecular formula is C10H11F4N. The molecule has 1 aromatic rings. The molecule has 0 saturated heterocycles. The van der Waals surface area contributed by atoms with Crippen LogP contribution in [0.3, 0.4) is 0 Å². The van der Waals surface area contributed by atoms with Crippen LogP contribution < -0.4 is 5.32 Å². The molecule has 1 nitrogen and oxygen atoms in total. The average Bonchev–Trinajstić information content (AvgIpc) is 1.99. The molecule has 0 amide bonds. The van der Waals surface area contributed by atoms with E-state index in [4.69, 9.17) is 0 Å². The molecule has 1 atom stereocenters. The molecule has 1 unspecified atom stereocenters. The first kappa shape index (κ1) is 12.0. The van der Waals surface area contributed by atoms with E-state index in [9.17, 15) is 17.6 Å². The normalized spacial score (nSPS) is 14.0. The summed E-state index contributed by atoms with van der Waals surface area (Å²) in [5, 5.41) is 2.12. The topological polar surface area (TPSA) is 12.0 Å². The number of rotatable bonds is 2. The van der Waals surface area contributed by atoms with Crippen molar-refractivity contribution in [2.45, 2.75) is 19.1 Å². The lowest BCUT2D eigenvalue weighted by Gasteiger charge is -2.20. The molecule has 84 valence electrons. The Labute approximate surface area is 85.1 Å². The highest BCUT2D eigenvalue weighted by Gasteiger charge is 2.39. The van der Waals surface area contributed by atoms with Crippen LogP contribution in [0.4, 0.5) is 17.6 Å². The number of hydrogen-bond acceptors (Lipinski definition) is 1. The molecule has 1 N–H and O–H groups in total. The Morgan fingerprint density at radius 3 is 2.20 bits per heavy atom. The van der Waals surface area contributed by atoms with Gasteiger partial charge >= 0.3 is 6.18 Å². The molecule has 0 spiro atoms. The number of alkyl halides is 3. The lowest BCUT2D eigenvalue weighted by Crippen LogP contribution is -2.31. The molecule has 0 radical (unpaired) electrons. The second kappa shape index (κ2) is 4.18. The van der Waals surface area contributed by atoms with Crippen LogP contribution in [0.1, 0.15) is 17.2 Å². The summed E-state index contributed by atoms with van der Waals surface area (Å²) in [5.41, 5.74) is 0.358. The largest absolute Gasteiger partial charge is 0.407 e. The first-order valence-electron chi connectivity index (χ1n) is 4.35. The van der Waals surface area contributed by atoms with E-state index in [-0.39, 0.29) is 5.56 Å². The highest BCUT2D eigenvalue weighted by atomic mass is 19.4. The van der Waals surface area contributed by atoms with E-state index in [1.165, 1.54) is 19.2 Å². The Bertz CT molecular complexity index is 326. The van der Waals surface area contributed by atoms with Gasteiger partial charge < -0.3 is 5.32 Å². The van der Waals surface area contributed by atoms with Crippen LogP contribution in [0.25, 0.3) is 0 Å². The van der Waals surface area contributed by atoms with Crippen LogP contribution in [0, 0.1) is 12.7 Å². The van der Waals surface area contributed by atoms with Crippen molar-refractivity contribution in [3.63, 3.8) is 0 Å². The van der Waals surface area contributed by atoms with Crippen molar-refractivity contribution in [1.82, 2.24) is 5.32 Å². The predicted octanol–water partition coefficient (Wildman–Crippen LogP) is 2.96. The summed E-state index contributed by atoms with van der Waals surface area (Å²) in [4.78, 5) is 0. The zero-order valence-corrected chi connectivity index (χ0v) is 8.32. The van der Waals surface area contributed by atoms with Crippen LogP contribution in [-0.4, -0.2) is 13.2 Å². The van der Waals surface area contributed by atoms with Gasteiger partial charge in [-0.1, -0.05) is 6.07 Å². The molecule has 5 heteroatoms. The number of nitrogens with one attached hydrogen (secondary N) is 1. The second-order valence-corrected chi connectivity index (χ2v) is 3.33. The Kier molecular flexibility index (Phi) is 3.34. The fourth-order valence-corrected chi connectivity index (χ4v) is 1.45. The van der Waals surface area contributed by atoms with Crippen LogP contribution in [0.15, 0.2) is 18.2 Å². The molecule has 0 saturated carbocycles. The lowest BCUT2D eigenvalue weighted by molar-refractivity contribution is -0.156. The molecule has 0 aliphatic heterocycles. The number of aryl methyl sites for hydroxylation is 1. The molecule has 0 heterocycles. The predicted molar refractivity (Wildman–Crippen MR) is 49.0 cm³/mol. The lowest BCUT2D eigenvalue weighted by atomic mass is 10.0. The summed E-state index contributed by atoms with van der Waals surface area (Å²) in [7, 11) is 1.19. The second-order valence-electron chi connectivity index (χ2n) is 3.33. The Morgan fingerprint density at radius 1 is 1.20 bits per heavy atom. The fraction of sp³-hybridized carbons (Fsp3) is 0.400. The van der Waals surface area contributed by atoms with E-state index in [1.807, 2.05) is 0 Å². The van der Waals surface area contributed by atoms with Crippen LogP contribution in [-0.2, 0) is 0 Å². The van der Waals surface area contributed by atoms with Crippen molar-refractivity contribution in [3.8, 4) is 0 Å². The molecule has 0 aliphatic rings. The van der Waals surface area contributed by atoms with Gasteiger partial charge in [0.1, 0.15) is 11.9 Å². The number of hydrogen-bond donors (Lipinski definition) is 1. The van der Waals surface area contributed by atoms with Gasteiger partial charge in [0.2, 0.25) is 0 Å². The molecule has 1 rings (SSSR count). The molecular weight excluding hydrogens is 210 g/mol. The third-order valence-electron chi connectivity index (χ3n) is 2.01. The minimum absolute atomic E-state index is 0.109. The summed E-state index contributed by atoms with van der Waals surface area (Å²) >= 11 is 0. The minimum Gasteiger partial charge on any atom is -0.306 e. The Hall–Kier alpha value is -1.10. The van der Waals surface area contributed by atoms with Crippen molar-refractivity contribution < 1.29 is 17.6 Å². The first-order valence-corrected chi connectivity index (χ1v) is 4.35. The zero-order chi connectivity index (χ0) is 11.6. The van der Waals surface area contributed by atoms with Gasteiger partial charge in [0, 0.05) is 0 Å². The minimum atomic E-state index is -4.42. The van der Waals surface area contributed by atoms with Gasteiger partial charge in [-0.15, -0.1) is 0 Å². The fourth-order valence-electron chi connectivity index (χ4n) is 1.45. The third-order valence-corrected chi connectivity index (χ3v) is 2.01. The van der Waals surface area contributed by atoms with E-state index in [0.29, 0.717) is 5.56 Å². The summed E-state index contributed by atoms with van der Waals surface area (Å²) in [6.07, 6.45) is -4.42. The van der Waals surface area contributed by atoms with E-state index < -0.39 is 18.0 Å². The van der Waals surface area contributed by atoms with Crippen LogP contribution in [0.2, 0.25) is 0 Å². The van der Waals surface area contributed by atoms with Crippen LogP contribution >= 0.6 is 0 Å². The standard InChI is InChI=1S/C10H11F4N/c1-6-3-7(5-8(11)4-6)9(15-2)10(12,13)14/h3-5,9,15H,1-2H3. The van der Waals surface area contributed by atoms with E-state index in [0.717, 1.165) is 6.07 Å². The van der Waals surface area contributed by atoms with Gasteiger partial charge in [-0.3, -0.25) is 0 Å². The summed E-state index contributed by atoms with van der Waals surface area (Å²) in [5.74, 6) is -0.658. The molecule has 0 fully saturated rings. The molecule has 1 aromatic carbocycles. The van der Waals surface area contributed by atoms with Crippen molar-refractivity contribution in [1.29, 1.82) is 0 Å². The maximum atomic E-state index is 12.9. The van der Waals surface area contributed by atoms with Gasteiger partial charge in [0.25, 0.3) is 0 Å². The molecule has 15 heavy (non-hydrogen) atoms. The number of halogens is 4. The molecule has 0 aromatic heterocycles. The van der Waals surface area contributed by atoms with Crippen molar-refractivity contribution in [2.75, 3.05) is 7.05 Å². The molecule has 0 bridgehead atoms. The summed E-state index contributed by atoms with van der Waals surface area (Å²) in [6, 6.07) is 1.57. The van der Waals surface area contributed by atoms with Gasteiger partial charge in [-0.2, -0.15) is 13.2 Å².